The van der Waals surface area contributed by atoms with E-state index >= 15 is 0 Å². The van der Waals surface area contributed by atoms with Gasteiger partial charge in [-0.25, -0.2) is 0 Å². The average Bonchev–Trinajstić information content (AvgIpc) is 2.87. The second-order valence-corrected chi connectivity index (χ2v) is 6.05. The number of nitrogens with zero attached hydrogens (tertiary/aromatic N) is 2. The predicted octanol–water partition coefficient (Wildman–Crippen LogP) is 2.13. The van der Waals surface area contributed by atoms with Gasteiger partial charge in [0.25, 0.3) is 0 Å². The molecule has 4 rings (SSSR count). The highest BCUT2D eigenvalue weighted by atomic mass is 16.4. The molecule has 0 saturated heterocycles. The summed E-state index contributed by atoms with van der Waals surface area (Å²) in [7, 11) is 2.21. The van der Waals surface area contributed by atoms with Crippen molar-refractivity contribution < 1.29 is 11.3 Å². The molecule has 4 heteroatoms. The molecule has 2 aromatic rings. The first kappa shape index (κ1) is 11.6. The SMILES string of the molecule is [2H]Cn1cc2c3c(cccc31)C1=C[C@@H](C(=O)O)CN(C)[C@@H]1C2. The molecule has 0 spiro atoms. The summed E-state index contributed by atoms with van der Waals surface area (Å²) in [5.41, 5.74) is 4.60. The predicted molar refractivity (Wildman–Crippen MR) is 82.1 cm³/mol. The van der Waals surface area contributed by atoms with E-state index in [0.717, 1.165) is 23.1 Å². The molecule has 1 aromatic carbocycles. The zero-order valence-corrected chi connectivity index (χ0v) is 11.9. The summed E-state index contributed by atoms with van der Waals surface area (Å²) in [6.07, 6.45) is 4.90. The lowest BCUT2D eigenvalue weighted by molar-refractivity contribution is -0.140. The van der Waals surface area contributed by atoms with E-state index in [1.807, 2.05) is 29.8 Å². The van der Waals surface area contributed by atoms with Crippen LogP contribution in [0.1, 0.15) is 12.5 Å². The van der Waals surface area contributed by atoms with Crippen LogP contribution in [0.15, 0.2) is 30.5 Å². The van der Waals surface area contributed by atoms with Crippen molar-refractivity contribution in [2.75, 3.05) is 13.6 Å². The molecular weight excluding hydrogens is 264 g/mol. The minimum atomic E-state index is -0.764. The Hall–Kier alpha value is -2.07. The molecule has 4 nitrogen and oxygen atoms in total. The first-order valence-electron chi connectivity index (χ1n) is 7.86. The lowest BCUT2D eigenvalue weighted by Gasteiger charge is -2.38. The first-order chi connectivity index (χ1) is 10.6. The normalized spacial score (nSPS) is 25.4. The van der Waals surface area contributed by atoms with Gasteiger partial charge in [-0.3, -0.25) is 9.69 Å². The molecule has 0 fully saturated rings. The summed E-state index contributed by atoms with van der Waals surface area (Å²) < 4.78 is 9.65. The van der Waals surface area contributed by atoms with Crippen LogP contribution in [0.25, 0.3) is 16.5 Å². The highest BCUT2D eigenvalue weighted by Gasteiger charge is 2.35. The molecule has 21 heavy (non-hydrogen) atoms. The third-order valence-electron chi connectivity index (χ3n) is 4.78. The van der Waals surface area contributed by atoms with Crippen LogP contribution in [0, 0.1) is 5.92 Å². The number of rotatable bonds is 1. The first-order valence-corrected chi connectivity index (χ1v) is 7.15. The Morgan fingerprint density at radius 3 is 3.10 bits per heavy atom. The third-order valence-corrected chi connectivity index (χ3v) is 4.78. The van der Waals surface area contributed by atoms with Crippen molar-refractivity contribution in [2.45, 2.75) is 12.5 Å². The lowest BCUT2D eigenvalue weighted by atomic mass is 9.80. The fourth-order valence-corrected chi connectivity index (χ4v) is 3.78. The Kier molecular flexibility index (Phi) is 2.32. The highest BCUT2D eigenvalue weighted by Crippen LogP contribution is 2.41. The van der Waals surface area contributed by atoms with Gasteiger partial charge in [0.15, 0.2) is 0 Å². The van der Waals surface area contributed by atoms with E-state index in [0.29, 0.717) is 6.54 Å². The minimum absolute atomic E-state index is 0.206. The number of hydrogen-bond acceptors (Lipinski definition) is 2. The molecular formula is C17H18N2O2. The van der Waals surface area contributed by atoms with Gasteiger partial charge in [0.2, 0.25) is 0 Å². The Balaban J connectivity index is 1.97. The molecule has 0 bridgehead atoms. The van der Waals surface area contributed by atoms with E-state index in [-0.39, 0.29) is 13.1 Å². The molecule has 2 atom stereocenters. The number of carbonyl (C=O) groups is 1. The Bertz CT molecular complexity index is 808. The molecule has 1 N–H and O–H groups in total. The largest absolute Gasteiger partial charge is 0.481 e. The molecule has 1 aliphatic carbocycles. The van der Waals surface area contributed by atoms with Crippen LogP contribution in [-0.2, 0) is 18.2 Å². The van der Waals surface area contributed by atoms with Gasteiger partial charge in [0.05, 0.1) is 5.92 Å². The molecule has 0 unspecified atom stereocenters. The number of hydrogen-bond donors (Lipinski definition) is 1. The zero-order valence-electron chi connectivity index (χ0n) is 12.9. The van der Waals surface area contributed by atoms with Crippen molar-refractivity contribution in [1.82, 2.24) is 9.47 Å². The van der Waals surface area contributed by atoms with E-state index in [4.69, 9.17) is 1.37 Å². The van der Waals surface area contributed by atoms with Crippen molar-refractivity contribution in [3.8, 4) is 0 Å². The fraction of sp³-hybridized carbons (Fsp3) is 0.353. The summed E-state index contributed by atoms with van der Waals surface area (Å²) in [5, 5.41) is 10.6. The standard InChI is InChI=1S/C17H18N2O2/c1-18-8-10-7-15-13(6-11(17(20)21)9-19(15)2)12-4-3-5-14(18)16(10)12/h3-6,8,11,15H,7,9H2,1-2H3,(H,20,21)/t11-,15-/m1/s1/i1D. The minimum Gasteiger partial charge on any atom is -0.481 e. The fourth-order valence-electron chi connectivity index (χ4n) is 3.78. The molecule has 2 aliphatic rings. The van der Waals surface area contributed by atoms with Gasteiger partial charge in [0.1, 0.15) is 0 Å². The molecule has 1 aromatic heterocycles. The topological polar surface area (TPSA) is 45.5 Å². The summed E-state index contributed by atoms with van der Waals surface area (Å²) in [6, 6.07) is 6.35. The van der Waals surface area contributed by atoms with Gasteiger partial charge < -0.3 is 9.67 Å². The van der Waals surface area contributed by atoms with Gasteiger partial charge in [-0.05, 0) is 36.2 Å². The van der Waals surface area contributed by atoms with Crippen molar-refractivity contribution in [3.63, 3.8) is 0 Å². The maximum absolute atomic E-state index is 11.4. The quantitative estimate of drug-likeness (QED) is 0.872. The number of aliphatic carboxylic acids is 1. The van der Waals surface area contributed by atoms with Crippen LogP contribution in [0.5, 0.6) is 0 Å². The van der Waals surface area contributed by atoms with E-state index < -0.39 is 11.9 Å². The number of benzene rings is 1. The van der Waals surface area contributed by atoms with Gasteiger partial charge in [-0.1, -0.05) is 18.2 Å². The van der Waals surface area contributed by atoms with Gasteiger partial charge in [-0.2, -0.15) is 0 Å². The Labute approximate surface area is 124 Å². The van der Waals surface area contributed by atoms with E-state index in [1.165, 1.54) is 10.9 Å². The number of likely N-dealkylation sites (N-methyl/N-ethyl adjacent to an activating group) is 1. The van der Waals surface area contributed by atoms with Crippen molar-refractivity contribution in [1.29, 1.82) is 0 Å². The monoisotopic (exact) mass is 283 g/mol. The van der Waals surface area contributed by atoms with Crippen molar-refractivity contribution >= 4 is 22.4 Å². The number of carboxylic acids is 1. The summed E-state index contributed by atoms with van der Waals surface area (Å²) in [4.78, 5) is 13.6. The smallest absolute Gasteiger partial charge is 0.311 e. The zero-order chi connectivity index (χ0) is 15.4. The maximum atomic E-state index is 11.4. The summed E-state index contributed by atoms with van der Waals surface area (Å²) >= 11 is 0. The van der Waals surface area contributed by atoms with Crippen molar-refractivity contribution in [3.05, 3.63) is 41.6 Å². The Morgan fingerprint density at radius 2 is 2.33 bits per heavy atom. The van der Waals surface area contributed by atoms with E-state index in [2.05, 4.69) is 17.2 Å². The second-order valence-electron chi connectivity index (χ2n) is 6.05. The summed E-state index contributed by atoms with van der Waals surface area (Å²) in [5.74, 6) is -1.22. The van der Waals surface area contributed by atoms with Crippen LogP contribution >= 0.6 is 0 Å². The van der Waals surface area contributed by atoms with Gasteiger partial charge in [-0.15, -0.1) is 0 Å². The molecule has 0 amide bonds. The summed E-state index contributed by atoms with van der Waals surface area (Å²) in [6.45, 7) is 0.550. The highest BCUT2D eigenvalue weighted by molar-refractivity contribution is 5.99. The molecule has 0 radical (unpaired) electrons. The third kappa shape index (κ3) is 1.69. The molecule has 0 saturated carbocycles. The Morgan fingerprint density at radius 1 is 1.48 bits per heavy atom. The van der Waals surface area contributed by atoms with Crippen LogP contribution < -0.4 is 0 Å². The number of aryl methyl sites for hydroxylation is 1. The number of carboxylic acid groups (broad SMARTS) is 1. The average molecular weight is 283 g/mol. The van der Waals surface area contributed by atoms with Gasteiger partial charge >= 0.3 is 5.97 Å². The maximum Gasteiger partial charge on any atom is 0.311 e. The molecule has 2 heterocycles. The van der Waals surface area contributed by atoms with Gasteiger partial charge in [0, 0.05) is 38.1 Å². The van der Waals surface area contributed by atoms with Crippen molar-refractivity contribution in [2.24, 2.45) is 12.9 Å². The van der Waals surface area contributed by atoms with Crippen LogP contribution in [0.4, 0.5) is 0 Å². The van der Waals surface area contributed by atoms with Crippen LogP contribution in [0.2, 0.25) is 0 Å². The second kappa shape index (κ2) is 4.21. The van der Waals surface area contributed by atoms with Crippen LogP contribution in [-0.4, -0.2) is 40.2 Å². The number of aromatic nitrogens is 1. The number of fused-ring (bicyclic) bond motifs is 2. The van der Waals surface area contributed by atoms with Crippen LogP contribution in [0.3, 0.4) is 0 Å². The van der Waals surface area contributed by atoms with E-state index in [1.54, 1.807) is 0 Å². The molecule has 1 aliphatic heterocycles. The van der Waals surface area contributed by atoms with E-state index in [9.17, 15) is 9.90 Å². The lowest BCUT2D eigenvalue weighted by Crippen LogP contribution is -2.44. The molecule has 108 valence electrons.